The van der Waals surface area contributed by atoms with E-state index in [1.165, 1.54) is 12.8 Å². The molecular weight excluding hydrogens is 250 g/mol. The van der Waals surface area contributed by atoms with Gasteiger partial charge in [0.25, 0.3) is 0 Å². The van der Waals surface area contributed by atoms with Crippen LogP contribution in [-0.4, -0.2) is 28.4 Å². The Morgan fingerprint density at radius 1 is 1.45 bits per heavy atom. The van der Waals surface area contributed by atoms with Crippen LogP contribution >= 0.6 is 0 Å². The van der Waals surface area contributed by atoms with Gasteiger partial charge in [0.05, 0.1) is 17.5 Å². The Morgan fingerprint density at radius 2 is 2.30 bits per heavy atom. The molecule has 1 aliphatic heterocycles. The molecule has 0 amide bonds. The average Bonchev–Trinajstić information content (AvgIpc) is 2.77. The minimum atomic E-state index is 0.303. The SMILES string of the molecule is Cn1c(CC(=O)CC2CCCNC2)nc2ccccc21. The lowest BCUT2D eigenvalue weighted by molar-refractivity contribution is -0.119. The lowest BCUT2D eigenvalue weighted by Crippen LogP contribution is -2.31. The number of aromatic nitrogens is 2. The van der Waals surface area contributed by atoms with Gasteiger partial charge in [-0.25, -0.2) is 4.98 Å². The third-order valence-electron chi connectivity index (χ3n) is 4.15. The van der Waals surface area contributed by atoms with Crippen molar-refractivity contribution < 1.29 is 4.79 Å². The number of hydrogen-bond donors (Lipinski definition) is 1. The van der Waals surface area contributed by atoms with Crippen molar-refractivity contribution in [2.45, 2.75) is 25.7 Å². The number of carbonyl (C=O) groups is 1. The van der Waals surface area contributed by atoms with Gasteiger partial charge >= 0.3 is 0 Å². The molecule has 1 aromatic carbocycles. The zero-order valence-electron chi connectivity index (χ0n) is 11.9. The quantitative estimate of drug-likeness (QED) is 0.926. The summed E-state index contributed by atoms with van der Waals surface area (Å²) in [6, 6.07) is 8.02. The van der Waals surface area contributed by atoms with Crippen LogP contribution in [0.25, 0.3) is 11.0 Å². The number of piperidine rings is 1. The van der Waals surface area contributed by atoms with Gasteiger partial charge in [0, 0.05) is 13.5 Å². The summed E-state index contributed by atoms with van der Waals surface area (Å²) in [7, 11) is 1.99. The summed E-state index contributed by atoms with van der Waals surface area (Å²) < 4.78 is 2.03. The summed E-state index contributed by atoms with van der Waals surface area (Å²) in [5.74, 6) is 1.68. The first-order valence-electron chi connectivity index (χ1n) is 7.37. The van der Waals surface area contributed by atoms with E-state index in [1.807, 2.05) is 35.9 Å². The molecule has 1 unspecified atom stereocenters. The maximum absolute atomic E-state index is 12.2. The molecule has 0 spiro atoms. The van der Waals surface area contributed by atoms with Crippen LogP contribution in [0.5, 0.6) is 0 Å². The van der Waals surface area contributed by atoms with Crippen molar-refractivity contribution >= 4 is 16.8 Å². The largest absolute Gasteiger partial charge is 0.331 e. The molecule has 2 heterocycles. The maximum Gasteiger partial charge on any atom is 0.140 e. The highest BCUT2D eigenvalue weighted by atomic mass is 16.1. The van der Waals surface area contributed by atoms with Gasteiger partial charge in [-0.15, -0.1) is 0 Å². The molecular formula is C16H21N3O. The number of rotatable bonds is 4. The van der Waals surface area contributed by atoms with Gasteiger partial charge in [0.1, 0.15) is 11.6 Å². The highest BCUT2D eigenvalue weighted by Gasteiger charge is 2.18. The van der Waals surface area contributed by atoms with E-state index >= 15 is 0 Å². The van der Waals surface area contributed by atoms with E-state index in [9.17, 15) is 4.79 Å². The summed E-state index contributed by atoms with van der Waals surface area (Å²) in [5, 5.41) is 3.36. The number of ketones is 1. The molecule has 1 saturated heterocycles. The normalized spacial score (nSPS) is 19.4. The highest BCUT2D eigenvalue weighted by Crippen LogP contribution is 2.18. The number of benzene rings is 1. The zero-order chi connectivity index (χ0) is 13.9. The molecule has 3 rings (SSSR count). The molecule has 0 bridgehead atoms. The van der Waals surface area contributed by atoms with E-state index in [0.717, 1.165) is 29.9 Å². The van der Waals surface area contributed by atoms with Crippen molar-refractivity contribution in [1.82, 2.24) is 14.9 Å². The third-order valence-corrected chi connectivity index (χ3v) is 4.15. The molecule has 1 aromatic heterocycles. The summed E-state index contributed by atoms with van der Waals surface area (Å²) in [6.45, 7) is 2.07. The number of nitrogens with zero attached hydrogens (tertiary/aromatic N) is 2. The minimum Gasteiger partial charge on any atom is -0.331 e. The average molecular weight is 271 g/mol. The van der Waals surface area contributed by atoms with Gasteiger partial charge in [-0.05, 0) is 44.0 Å². The molecule has 0 radical (unpaired) electrons. The summed E-state index contributed by atoms with van der Waals surface area (Å²) in [5.41, 5.74) is 2.06. The van der Waals surface area contributed by atoms with Crippen molar-refractivity contribution in [2.24, 2.45) is 13.0 Å². The second kappa shape index (κ2) is 5.75. The van der Waals surface area contributed by atoms with Crippen LogP contribution in [0.4, 0.5) is 0 Å². The Hall–Kier alpha value is -1.68. The third kappa shape index (κ3) is 2.75. The fraction of sp³-hybridized carbons (Fsp3) is 0.500. The molecule has 2 aromatic rings. The number of aryl methyl sites for hydroxylation is 1. The predicted octanol–water partition coefficient (Wildman–Crippen LogP) is 2.07. The number of carbonyl (C=O) groups excluding carboxylic acids is 1. The summed E-state index contributed by atoms with van der Waals surface area (Å²) in [6.07, 6.45) is 3.48. The second-order valence-corrected chi connectivity index (χ2v) is 5.71. The predicted molar refractivity (Wildman–Crippen MR) is 79.6 cm³/mol. The van der Waals surface area contributed by atoms with Crippen LogP contribution in [0.2, 0.25) is 0 Å². The second-order valence-electron chi connectivity index (χ2n) is 5.71. The molecule has 4 nitrogen and oxygen atoms in total. The first-order chi connectivity index (χ1) is 9.74. The van der Waals surface area contributed by atoms with E-state index in [-0.39, 0.29) is 0 Å². The Balaban J connectivity index is 1.69. The highest BCUT2D eigenvalue weighted by molar-refractivity contribution is 5.82. The number of nitrogens with one attached hydrogen (secondary N) is 1. The van der Waals surface area contributed by atoms with Gasteiger partial charge in [0.15, 0.2) is 0 Å². The van der Waals surface area contributed by atoms with E-state index < -0.39 is 0 Å². The van der Waals surface area contributed by atoms with Crippen LogP contribution in [0.15, 0.2) is 24.3 Å². The molecule has 0 saturated carbocycles. The van der Waals surface area contributed by atoms with E-state index in [2.05, 4.69) is 10.3 Å². The van der Waals surface area contributed by atoms with Crippen LogP contribution in [0.3, 0.4) is 0 Å². The van der Waals surface area contributed by atoms with Crippen molar-refractivity contribution in [3.63, 3.8) is 0 Å². The first-order valence-corrected chi connectivity index (χ1v) is 7.37. The Bertz CT molecular complexity index is 611. The lowest BCUT2D eigenvalue weighted by atomic mass is 9.93. The first kappa shape index (κ1) is 13.3. The van der Waals surface area contributed by atoms with Crippen molar-refractivity contribution in [3.8, 4) is 0 Å². The topological polar surface area (TPSA) is 46.9 Å². The van der Waals surface area contributed by atoms with Gasteiger partial charge in [-0.2, -0.15) is 0 Å². The fourth-order valence-electron chi connectivity index (χ4n) is 3.02. The molecule has 1 fully saturated rings. The fourth-order valence-corrected chi connectivity index (χ4v) is 3.02. The van der Waals surface area contributed by atoms with Gasteiger partial charge in [0.2, 0.25) is 0 Å². The molecule has 20 heavy (non-hydrogen) atoms. The minimum absolute atomic E-state index is 0.303. The summed E-state index contributed by atoms with van der Waals surface area (Å²) >= 11 is 0. The van der Waals surface area contributed by atoms with Crippen molar-refractivity contribution in [2.75, 3.05) is 13.1 Å². The molecule has 1 N–H and O–H groups in total. The molecule has 106 valence electrons. The number of imidazole rings is 1. The molecule has 0 aliphatic carbocycles. The van der Waals surface area contributed by atoms with Crippen LogP contribution in [0, 0.1) is 5.92 Å². The molecule has 1 aliphatic rings. The number of hydrogen-bond acceptors (Lipinski definition) is 3. The van der Waals surface area contributed by atoms with Gasteiger partial charge in [-0.1, -0.05) is 12.1 Å². The number of Topliss-reactive ketones (excluding diaryl/α,β-unsaturated/α-hetero) is 1. The summed E-state index contributed by atoms with van der Waals surface area (Å²) in [4.78, 5) is 16.8. The Kier molecular flexibility index (Phi) is 3.83. The van der Waals surface area contributed by atoms with Crippen molar-refractivity contribution in [1.29, 1.82) is 0 Å². The van der Waals surface area contributed by atoms with E-state index in [4.69, 9.17) is 0 Å². The number of fused-ring (bicyclic) bond motifs is 1. The number of para-hydroxylation sites is 2. The lowest BCUT2D eigenvalue weighted by Gasteiger charge is -2.21. The van der Waals surface area contributed by atoms with Crippen LogP contribution in [-0.2, 0) is 18.3 Å². The van der Waals surface area contributed by atoms with Crippen LogP contribution in [0.1, 0.15) is 25.1 Å². The monoisotopic (exact) mass is 271 g/mol. The Labute approximate surface area is 119 Å². The molecule has 1 atom stereocenters. The zero-order valence-corrected chi connectivity index (χ0v) is 11.9. The van der Waals surface area contributed by atoms with Crippen molar-refractivity contribution in [3.05, 3.63) is 30.1 Å². The molecule has 4 heteroatoms. The van der Waals surface area contributed by atoms with E-state index in [1.54, 1.807) is 0 Å². The van der Waals surface area contributed by atoms with Gasteiger partial charge < -0.3 is 9.88 Å². The van der Waals surface area contributed by atoms with Gasteiger partial charge in [-0.3, -0.25) is 4.79 Å². The standard InChI is InChI=1S/C16H21N3O/c1-19-15-7-3-2-6-14(15)18-16(19)10-13(20)9-12-5-4-8-17-11-12/h2-3,6-7,12,17H,4-5,8-11H2,1H3. The maximum atomic E-state index is 12.2. The van der Waals surface area contributed by atoms with Crippen LogP contribution < -0.4 is 5.32 Å². The smallest absolute Gasteiger partial charge is 0.140 e. The van der Waals surface area contributed by atoms with E-state index in [0.29, 0.717) is 24.5 Å². The Morgan fingerprint density at radius 3 is 3.05 bits per heavy atom.